The number of hydrogen-bond donors (Lipinski definition) is 1. The smallest absolute Gasteiger partial charge is 0.175 e. The molecular formula is C27H34N4O2S. The Kier molecular flexibility index (Phi) is 5.54. The third-order valence-corrected chi connectivity index (χ3v) is 9.43. The Balaban J connectivity index is 1.19. The number of hydrogen-bond acceptors (Lipinski definition) is 5. The van der Waals surface area contributed by atoms with Gasteiger partial charge in [-0.2, -0.15) is 0 Å². The van der Waals surface area contributed by atoms with E-state index in [1.54, 1.807) is 12.1 Å². The first kappa shape index (κ1) is 22.3. The lowest BCUT2D eigenvalue weighted by molar-refractivity contribution is 0.111. The fourth-order valence-corrected chi connectivity index (χ4v) is 7.09. The molecule has 0 saturated carbocycles. The number of aryl methyl sites for hydroxylation is 1. The molecule has 34 heavy (non-hydrogen) atoms. The molecule has 180 valence electrons. The van der Waals surface area contributed by atoms with Crippen molar-refractivity contribution in [2.75, 3.05) is 19.3 Å². The number of nitrogens with zero attached hydrogens (tertiary/aromatic N) is 3. The molecule has 3 fully saturated rings. The van der Waals surface area contributed by atoms with Gasteiger partial charge in [0.15, 0.2) is 9.84 Å². The van der Waals surface area contributed by atoms with E-state index in [0.717, 1.165) is 35.0 Å². The zero-order valence-electron chi connectivity index (χ0n) is 20.1. The van der Waals surface area contributed by atoms with Crippen molar-refractivity contribution in [1.82, 2.24) is 19.6 Å². The van der Waals surface area contributed by atoms with Crippen LogP contribution in [0.1, 0.15) is 55.6 Å². The zero-order chi connectivity index (χ0) is 23.4. The number of imidazole rings is 1. The summed E-state index contributed by atoms with van der Waals surface area (Å²) in [6.45, 7) is 4.55. The molecule has 3 aliphatic rings. The van der Waals surface area contributed by atoms with Gasteiger partial charge >= 0.3 is 0 Å². The lowest BCUT2D eigenvalue weighted by Gasteiger charge is -2.41. The fourth-order valence-electron chi connectivity index (χ4n) is 6.45. The molecule has 2 aromatic heterocycles. The van der Waals surface area contributed by atoms with E-state index in [1.807, 2.05) is 12.1 Å². The molecule has 0 amide bonds. The molecule has 1 N–H and O–H groups in total. The lowest BCUT2D eigenvalue weighted by Crippen LogP contribution is -2.50. The van der Waals surface area contributed by atoms with Crippen LogP contribution in [0.3, 0.4) is 0 Å². The van der Waals surface area contributed by atoms with Crippen LogP contribution in [-0.2, 0) is 9.84 Å². The normalized spacial score (nSPS) is 26.4. The summed E-state index contributed by atoms with van der Waals surface area (Å²) in [5, 5.41) is 3.78. The van der Waals surface area contributed by atoms with Crippen molar-refractivity contribution in [2.45, 2.75) is 74.4 Å². The Morgan fingerprint density at radius 1 is 0.971 bits per heavy atom. The summed E-state index contributed by atoms with van der Waals surface area (Å²) in [5.74, 6) is 0.595. The first-order valence-corrected chi connectivity index (χ1v) is 14.5. The Morgan fingerprint density at radius 2 is 1.65 bits per heavy atom. The van der Waals surface area contributed by atoms with Crippen molar-refractivity contribution in [2.24, 2.45) is 0 Å². The molecule has 6 nitrogen and oxygen atoms in total. The van der Waals surface area contributed by atoms with Gasteiger partial charge in [0.2, 0.25) is 0 Å². The van der Waals surface area contributed by atoms with Gasteiger partial charge in [-0.3, -0.25) is 0 Å². The molecule has 2 atom stereocenters. The summed E-state index contributed by atoms with van der Waals surface area (Å²) in [4.78, 5) is 7.96. The van der Waals surface area contributed by atoms with E-state index in [-0.39, 0.29) is 0 Å². The third-order valence-electron chi connectivity index (χ3n) is 8.30. The number of sulfone groups is 1. The molecule has 2 unspecified atom stereocenters. The molecule has 0 radical (unpaired) electrons. The largest absolute Gasteiger partial charge is 0.311 e. The van der Waals surface area contributed by atoms with Crippen LogP contribution < -0.4 is 5.32 Å². The number of rotatable bonds is 4. The predicted octanol–water partition coefficient (Wildman–Crippen LogP) is 4.18. The van der Waals surface area contributed by atoms with Crippen LogP contribution in [0, 0.1) is 6.92 Å². The quantitative estimate of drug-likeness (QED) is 0.610. The highest BCUT2D eigenvalue weighted by molar-refractivity contribution is 7.90. The van der Waals surface area contributed by atoms with E-state index < -0.39 is 9.84 Å². The van der Waals surface area contributed by atoms with Crippen LogP contribution in [-0.4, -0.2) is 60.2 Å². The van der Waals surface area contributed by atoms with Gasteiger partial charge < -0.3 is 14.6 Å². The fraction of sp³-hybridized carbons (Fsp3) is 0.519. The summed E-state index contributed by atoms with van der Waals surface area (Å²) in [6, 6.07) is 11.6. The average Bonchev–Trinajstić information content (AvgIpc) is 3.41. The van der Waals surface area contributed by atoms with Gasteiger partial charge in [0, 0.05) is 42.3 Å². The van der Waals surface area contributed by atoms with E-state index in [0.29, 0.717) is 10.8 Å². The number of piperidine rings is 2. The third kappa shape index (κ3) is 4.18. The van der Waals surface area contributed by atoms with Crippen LogP contribution in [0.2, 0.25) is 0 Å². The predicted molar refractivity (Wildman–Crippen MR) is 135 cm³/mol. The molecule has 7 heteroatoms. The summed E-state index contributed by atoms with van der Waals surface area (Å²) in [5.41, 5.74) is 5.37. The minimum absolute atomic E-state index is 0.335. The molecule has 1 aromatic carbocycles. The topological polar surface area (TPSA) is 66.7 Å². The maximum Gasteiger partial charge on any atom is 0.175 e. The Hall–Kier alpha value is -2.22. The number of likely N-dealkylation sites (tertiary alicyclic amines) is 1. The highest BCUT2D eigenvalue weighted by Gasteiger charge is 2.37. The van der Waals surface area contributed by atoms with Crippen LogP contribution in [0.25, 0.3) is 16.9 Å². The Labute approximate surface area is 202 Å². The Morgan fingerprint density at radius 3 is 2.29 bits per heavy atom. The van der Waals surface area contributed by atoms with Gasteiger partial charge in [-0.25, -0.2) is 13.4 Å². The number of fused-ring (bicyclic) bond motifs is 3. The highest BCUT2D eigenvalue weighted by Crippen LogP contribution is 2.35. The van der Waals surface area contributed by atoms with Gasteiger partial charge in [0.05, 0.1) is 10.6 Å². The van der Waals surface area contributed by atoms with Crippen molar-refractivity contribution >= 4 is 15.5 Å². The van der Waals surface area contributed by atoms with Crippen LogP contribution >= 0.6 is 0 Å². The number of benzene rings is 1. The van der Waals surface area contributed by atoms with Crippen molar-refractivity contribution in [3.63, 3.8) is 0 Å². The molecular weight excluding hydrogens is 444 g/mol. The van der Waals surface area contributed by atoms with E-state index in [1.165, 1.54) is 69.0 Å². The SMILES string of the molecule is Cc1cc(C2CCN(C3CC4CCC(C3)N4)CC2)cn2cc(-c3ccc(S(C)(=O)=O)cc3)nc12. The molecule has 0 spiro atoms. The average molecular weight is 479 g/mol. The second-order valence-electron chi connectivity index (χ2n) is 10.7. The van der Waals surface area contributed by atoms with E-state index >= 15 is 0 Å². The van der Waals surface area contributed by atoms with Gasteiger partial charge in [0.1, 0.15) is 5.65 Å². The minimum Gasteiger partial charge on any atom is -0.311 e. The first-order chi connectivity index (χ1) is 16.3. The summed E-state index contributed by atoms with van der Waals surface area (Å²) >= 11 is 0. The molecule has 5 heterocycles. The summed E-state index contributed by atoms with van der Waals surface area (Å²) in [6.07, 6.45) is 13.4. The van der Waals surface area contributed by atoms with Crippen LogP contribution in [0.15, 0.2) is 47.6 Å². The number of aromatic nitrogens is 2. The van der Waals surface area contributed by atoms with Gasteiger partial charge in [-0.1, -0.05) is 18.2 Å². The maximum absolute atomic E-state index is 11.8. The van der Waals surface area contributed by atoms with Crippen molar-refractivity contribution < 1.29 is 8.42 Å². The molecule has 6 rings (SSSR count). The Bertz CT molecular complexity index is 1290. The van der Waals surface area contributed by atoms with Crippen LogP contribution in [0.4, 0.5) is 0 Å². The van der Waals surface area contributed by atoms with E-state index in [4.69, 9.17) is 4.98 Å². The second-order valence-corrected chi connectivity index (χ2v) is 12.7. The van der Waals surface area contributed by atoms with Gasteiger partial charge in [-0.15, -0.1) is 0 Å². The van der Waals surface area contributed by atoms with Crippen molar-refractivity contribution in [3.05, 3.63) is 53.9 Å². The zero-order valence-corrected chi connectivity index (χ0v) is 20.9. The molecule has 3 saturated heterocycles. The van der Waals surface area contributed by atoms with Crippen molar-refractivity contribution in [1.29, 1.82) is 0 Å². The molecule has 0 aliphatic carbocycles. The second kappa shape index (κ2) is 8.47. The van der Waals surface area contributed by atoms with E-state index in [9.17, 15) is 8.42 Å². The summed E-state index contributed by atoms with van der Waals surface area (Å²) < 4.78 is 25.7. The monoisotopic (exact) mass is 478 g/mol. The first-order valence-electron chi connectivity index (χ1n) is 12.6. The van der Waals surface area contributed by atoms with Gasteiger partial charge in [-0.05, 0) is 87.7 Å². The molecule has 2 bridgehead atoms. The number of pyridine rings is 1. The number of nitrogens with one attached hydrogen (secondary N) is 1. The minimum atomic E-state index is -3.20. The highest BCUT2D eigenvalue weighted by atomic mass is 32.2. The van der Waals surface area contributed by atoms with Crippen molar-refractivity contribution in [3.8, 4) is 11.3 Å². The maximum atomic E-state index is 11.8. The van der Waals surface area contributed by atoms with Crippen LogP contribution in [0.5, 0.6) is 0 Å². The van der Waals surface area contributed by atoms with E-state index in [2.05, 4.69) is 40.0 Å². The van der Waals surface area contributed by atoms with Gasteiger partial charge in [0.25, 0.3) is 0 Å². The molecule has 3 aromatic rings. The lowest BCUT2D eigenvalue weighted by atomic mass is 9.87. The summed E-state index contributed by atoms with van der Waals surface area (Å²) in [7, 11) is -3.20. The standard InChI is InChI=1S/C27H34N4O2S/c1-18-13-21(19-9-11-30(12-10-19)24-14-22-5-6-23(15-24)28-22)16-31-17-26(29-27(18)31)20-3-7-25(8-4-20)34(2,32)33/h3-4,7-8,13,16-17,19,22-24,28H,5-6,9-12,14-15H2,1-2H3. The molecule has 3 aliphatic heterocycles.